The molecule has 0 radical (unpaired) electrons. The van der Waals surface area contributed by atoms with Crippen molar-refractivity contribution in [3.63, 3.8) is 0 Å². The molecule has 0 aliphatic rings. The first-order valence-corrected chi connectivity index (χ1v) is 4.48. The van der Waals surface area contributed by atoms with Crippen LogP contribution in [0, 0.1) is 16.7 Å². The van der Waals surface area contributed by atoms with Gasteiger partial charge in [0.1, 0.15) is 11.6 Å². The summed E-state index contributed by atoms with van der Waals surface area (Å²) in [5, 5.41) is 15.6. The van der Waals surface area contributed by atoms with Crippen molar-refractivity contribution in [1.29, 1.82) is 10.7 Å². The van der Waals surface area contributed by atoms with E-state index >= 15 is 0 Å². The van der Waals surface area contributed by atoms with E-state index < -0.39 is 5.78 Å². The largest absolute Gasteiger partial charge is 0.305 e. The highest BCUT2D eigenvalue weighted by atomic mass is 35.5. The third kappa shape index (κ3) is 2.52. The Balaban J connectivity index is 3.25. The third-order valence-electron chi connectivity index (χ3n) is 1.74. The van der Waals surface area contributed by atoms with Gasteiger partial charge in [0.05, 0.1) is 11.2 Å². The lowest BCUT2D eigenvalue weighted by molar-refractivity contribution is -0.109. The van der Waals surface area contributed by atoms with Crippen molar-refractivity contribution in [1.82, 2.24) is 0 Å². The third-order valence-corrected chi connectivity index (χ3v) is 2.14. The normalized spacial score (nSPS) is 11.2. The highest BCUT2D eigenvalue weighted by Gasteiger charge is 2.12. The van der Waals surface area contributed by atoms with Crippen LogP contribution in [0.15, 0.2) is 35.9 Å². The van der Waals surface area contributed by atoms with Gasteiger partial charge in [-0.3, -0.25) is 4.79 Å². The molecule has 0 aromatic heterocycles. The fourth-order valence-corrected chi connectivity index (χ4v) is 1.27. The lowest BCUT2D eigenvalue weighted by Gasteiger charge is -1.99. The number of carbonyl (C=O) groups is 1. The molecule has 0 unspecified atom stereocenters. The smallest absolute Gasteiger partial charge is 0.215 e. The van der Waals surface area contributed by atoms with Crippen LogP contribution in [0.2, 0.25) is 0 Å². The molecule has 0 atom stereocenters. The van der Waals surface area contributed by atoms with Crippen LogP contribution in [-0.4, -0.2) is 12.0 Å². The van der Waals surface area contributed by atoms with Crippen LogP contribution in [0.4, 0.5) is 0 Å². The summed E-state index contributed by atoms with van der Waals surface area (Å²) in [4.78, 5) is 11.1. The highest BCUT2D eigenvalue weighted by molar-refractivity contribution is 6.54. The molecule has 4 heteroatoms. The summed E-state index contributed by atoms with van der Waals surface area (Å²) in [7, 11) is 0. The van der Waals surface area contributed by atoms with Crippen LogP contribution in [0.3, 0.4) is 0 Å². The Hall–Kier alpha value is -1.92. The molecule has 3 nitrogen and oxygen atoms in total. The molecule has 0 amide bonds. The Morgan fingerprint density at radius 1 is 1.40 bits per heavy atom. The van der Waals surface area contributed by atoms with Gasteiger partial charge in [0, 0.05) is 0 Å². The molecule has 15 heavy (non-hydrogen) atoms. The van der Waals surface area contributed by atoms with Crippen molar-refractivity contribution in [2.24, 2.45) is 0 Å². The zero-order valence-electron chi connectivity index (χ0n) is 7.70. The van der Waals surface area contributed by atoms with Crippen molar-refractivity contribution in [3.8, 4) is 6.07 Å². The van der Waals surface area contributed by atoms with E-state index in [1.54, 1.807) is 36.4 Å². The summed E-state index contributed by atoms with van der Waals surface area (Å²) in [5.74, 6) is -0.689. The van der Waals surface area contributed by atoms with E-state index in [9.17, 15) is 4.79 Å². The Labute approximate surface area is 92.1 Å². The number of rotatable bonds is 3. The van der Waals surface area contributed by atoms with Crippen LogP contribution < -0.4 is 0 Å². The fourth-order valence-electron chi connectivity index (χ4n) is 1.01. The average Bonchev–Trinajstić information content (AvgIpc) is 2.30. The molecule has 0 fully saturated rings. The Kier molecular flexibility index (Phi) is 3.78. The van der Waals surface area contributed by atoms with Gasteiger partial charge in [-0.2, -0.15) is 5.26 Å². The number of allylic oxidation sites excluding steroid dienone is 1. The molecule has 0 aliphatic heterocycles. The molecule has 0 heterocycles. The predicted octanol–water partition coefficient (Wildman–Crippen LogP) is 2.38. The van der Waals surface area contributed by atoms with Crippen LogP contribution >= 0.6 is 11.6 Å². The fraction of sp³-hybridized carbons (Fsp3) is 0. The van der Waals surface area contributed by atoms with Crippen LogP contribution in [0.5, 0.6) is 0 Å². The van der Waals surface area contributed by atoms with E-state index in [1.807, 2.05) is 0 Å². The summed E-state index contributed by atoms with van der Waals surface area (Å²) in [5.41, 5.74) is 0.379. The standard InChI is InChI=1S/C11H7ClN2O/c12-11(8-4-2-1-3-5-8)9(6-13)10(15)7-14/h1-5,7,14H. The number of nitriles is 1. The zero-order valence-corrected chi connectivity index (χ0v) is 8.45. The maximum Gasteiger partial charge on any atom is 0.215 e. The minimum Gasteiger partial charge on any atom is -0.305 e. The summed E-state index contributed by atoms with van der Waals surface area (Å²) in [6.07, 6.45) is 0.573. The highest BCUT2D eigenvalue weighted by Crippen LogP contribution is 2.22. The Morgan fingerprint density at radius 3 is 2.47 bits per heavy atom. The second kappa shape index (κ2) is 5.08. The quantitative estimate of drug-likeness (QED) is 0.481. The van der Waals surface area contributed by atoms with Gasteiger partial charge in [-0.05, 0) is 5.56 Å². The topological polar surface area (TPSA) is 64.7 Å². The van der Waals surface area contributed by atoms with Crippen molar-refractivity contribution >= 4 is 28.6 Å². The maximum atomic E-state index is 11.1. The van der Waals surface area contributed by atoms with Gasteiger partial charge in [0.25, 0.3) is 0 Å². The van der Waals surface area contributed by atoms with E-state index in [0.717, 1.165) is 0 Å². The summed E-state index contributed by atoms with van der Waals surface area (Å²) >= 11 is 5.88. The van der Waals surface area contributed by atoms with E-state index in [4.69, 9.17) is 22.3 Å². The minimum absolute atomic E-state index is 0.0756. The first kappa shape index (κ1) is 11.2. The molecular weight excluding hydrogens is 212 g/mol. The average molecular weight is 219 g/mol. The van der Waals surface area contributed by atoms with Crippen LogP contribution in [0.25, 0.3) is 5.03 Å². The summed E-state index contributed by atoms with van der Waals surface area (Å²) in [6.45, 7) is 0. The van der Waals surface area contributed by atoms with Gasteiger partial charge in [0.2, 0.25) is 5.78 Å². The minimum atomic E-state index is -0.689. The number of halogens is 1. The molecule has 0 saturated carbocycles. The van der Waals surface area contributed by atoms with Gasteiger partial charge in [-0.1, -0.05) is 41.9 Å². The van der Waals surface area contributed by atoms with Crippen molar-refractivity contribution in [2.45, 2.75) is 0 Å². The zero-order chi connectivity index (χ0) is 11.3. The molecule has 0 spiro atoms. The Bertz CT molecular complexity index is 457. The van der Waals surface area contributed by atoms with Crippen molar-refractivity contribution in [3.05, 3.63) is 41.5 Å². The molecule has 1 aromatic rings. The number of nitrogens with one attached hydrogen (secondary N) is 1. The Morgan fingerprint density at radius 2 is 2.00 bits per heavy atom. The van der Waals surface area contributed by atoms with Crippen LogP contribution in [0.1, 0.15) is 5.56 Å². The van der Waals surface area contributed by atoms with Gasteiger partial charge in [-0.15, -0.1) is 0 Å². The molecule has 1 rings (SSSR count). The molecule has 74 valence electrons. The molecule has 0 bridgehead atoms. The summed E-state index contributed by atoms with van der Waals surface area (Å²) in [6, 6.07) is 10.4. The molecule has 0 saturated heterocycles. The van der Waals surface area contributed by atoms with Gasteiger partial charge < -0.3 is 5.41 Å². The van der Waals surface area contributed by atoms with Gasteiger partial charge >= 0.3 is 0 Å². The van der Waals surface area contributed by atoms with E-state index in [-0.39, 0.29) is 10.6 Å². The molecule has 1 N–H and O–H groups in total. The lowest BCUT2D eigenvalue weighted by atomic mass is 10.1. The van der Waals surface area contributed by atoms with E-state index in [2.05, 4.69) is 0 Å². The predicted molar refractivity (Wildman–Crippen MR) is 58.6 cm³/mol. The number of Topliss-reactive ketones (excluding diaryl/α,β-unsaturated/α-hetero) is 1. The lowest BCUT2D eigenvalue weighted by Crippen LogP contribution is -2.02. The number of nitrogens with zero attached hydrogens (tertiary/aromatic N) is 1. The van der Waals surface area contributed by atoms with E-state index in [0.29, 0.717) is 11.8 Å². The molecular formula is C11H7ClN2O. The number of hydrogen-bond acceptors (Lipinski definition) is 3. The maximum absolute atomic E-state index is 11.1. The van der Waals surface area contributed by atoms with Crippen molar-refractivity contribution < 1.29 is 4.79 Å². The molecule has 1 aromatic carbocycles. The summed E-state index contributed by atoms with van der Waals surface area (Å²) < 4.78 is 0. The van der Waals surface area contributed by atoms with Crippen LogP contribution in [-0.2, 0) is 4.79 Å². The van der Waals surface area contributed by atoms with Crippen molar-refractivity contribution in [2.75, 3.05) is 0 Å². The first-order chi connectivity index (χ1) is 7.20. The monoisotopic (exact) mass is 218 g/mol. The SMILES string of the molecule is N#CC(C(=O)C=N)=C(Cl)c1ccccc1. The second-order valence-electron chi connectivity index (χ2n) is 2.68. The van der Waals surface area contributed by atoms with Gasteiger partial charge in [-0.25, -0.2) is 0 Å². The number of hydrogen-bond donors (Lipinski definition) is 1. The second-order valence-corrected chi connectivity index (χ2v) is 3.05. The number of benzene rings is 1. The molecule has 0 aliphatic carbocycles. The first-order valence-electron chi connectivity index (χ1n) is 4.10. The van der Waals surface area contributed by atoms with Gasteiger partial charge in [0.15, 0.2) is 0 Å². The number of ketones is 1. The van der Waals surface area contributed by atoms with E-state index in [1.165, 1.54) is 0 Å². The number of carbonyl (C=O) groups excluding carboxylic acids is 1.